The molecular formula is C14H14BrNO2S. The van der Waals surface area contributed by atoms with Crippen molar-refractivity contribution in [2.24, 2.45) is 0 Å². The summed E-state index contributed by atoms with van der Waals surface area (Å²) in [7, 11) is 0. The van der Waals surface area contributed by atoms with Gasteiger partial charge in [0.05, 0.1) is 12.3 Å². The molecule has 0 radical (unpaired) electrons. The second-order valence-electron chi connectivity index (χ2n) is 4.07. The first-order valence-corrected chi connectivity index (χ1v) is 7.46. The molecule has 0 aliphatic rings. The van der Waals surface area contributed by atoms with Gasteiger partial charge in [-0.2, -0.15) is 0 Å². The molecule has 0 fully saturated rings. The van der Waals surface area contributed by atoms with Crippen molar-refractivity contribution in [3.05, 3.63) is 39.2 Å². The maximum atomic E-state index is 11.8. The summed E-state index contributed by atoms with van der Waals surface area (Å²) >= 11 is 4.82. The Morgan fingerprint density at radius 3 is 2.84 bits per heavy atom. The molecule has 0 atom stereocenters. The van der Waals surface area contributed by atoms with Crippen LogP contribution in [0.5, 0.6) is 0 Å². The quantitative estimate of drug-likeness (QED) is 0.850. The van der Waals surface area contributed by atoms with Gasteiger partial charge in [0.25, 0.3) is 0 Å². The van der Waals surface area contributed by atoms with Crippen molar-refractivity contribution in [1.29, 1.82) is 0 Å². The minimum absolute atomic E-state index is 0.349. The molecular weight excluding hydrogens is 326 g/mol. The Kier molecular flexibility index (Phi) is 4.27. The Morgan fingerprint density at radius 1 is 1.42 bits per heavy atom. The van der Waals surface area contributed by atoms with Crippen LogP contribution in [0.4, 0.5) is 5.69 Å². The number of hydrogen-bond donors (Lipinski definition) is 1. The number of aryl methyl sites for hydroxylation is 1. The lowest BCUT2D eigenvalue weighted by Gasteiger charge is -2.03. The van der Waals surface area contributed by atoms with Gasteiger partial charge in [0, 0.05) is 9.35 Å². The lowest BCUT2D eigenvalue weighted by molar-refractivity contribution is 0.0533. The summed E-state index contributed by atoms with van der Waals surface area (Å²) in [4.78, 5) is 13.2. The Labute approximate surface area is 124 Å². The third-order valence-corrected chi connectivity index (χ3v) is 4.34. The maximum absolute atomic E-state index is 11.8. The maximum Gasteiger partial charge on any atom is 0.350 e. The second kappa shape index (κ2) is 5.75. The number of carbonyl (C=O) groups excluding carboxylic acids is 1. The van der Waals surface area contributed by atoms with Gasteiger partial charge in [-0.3, -0.25) is 0 Å². The molecule has 0 saturated heterocycles. The Morgan fingerprint density at radius 2 is 2.16 bits per heavy atom. The Hall–Kier alpha value is -1.33. The molecule has 0 aliphatic heterocycles. The minimum Gasteiger partial charge on any atom is -0.462 e. The molecule has 0 saturated carbocycles. The number of nitrogens with two attached hydrogens (primary N) is 1. The fourth-order valence-electron chi connectivity index (χ4n) is 1.75. The van der Waals surface area contributed by atoms with Crippen LogP contribution < -0.4 is 5.73 Å². The number of carbonyl (C=O) groups is 1. The highest BCUT2D eigenvalue weighted by Gasteiger charge is 2.17. The number of esters is 1. The van der Waals surface area contributed by atoms with E-state index in [0.29, 0.717) is 17.2 Å². The number of benzene rings is 1. The Balaban J connectivity index is 2.44. The summed E-state index contributed by atoms with van der Waals surface area (Å²) in [6.45, 7) is 4.16. The monoisotopic (exact) mass is 339 g/mol. The van der Waals surface area contributed by atoms with E-state index in [1.54, 1.807) is 6.92 Å². The normalized spacial score (nSPS) is 10.5. The summed E-state index contributed by atoms with van der Waals surface area (Å²) < 4.78 is 5.99. The second-order valence-corrected chi connectivity index (χ2v) is 6.04. The number of anilines is 1. The zero-order valence-corrected chi connectivity index (χ0v) is 13.1. The summed E-state index contributed by atoms with van der Waals surface area (Å²) in [5.74, 6) is -0.358. The molecule has 0 unspecified atom stereocenters. The highest BCUT2D eigenvalue weighted by atomic mass is 79.9. The summed E-state index contributed by atoms with van der Waals surface area (Å²) in [6.07, 6.45) is 0. The van der Waals surface area contributed by atoms with Crippen LogP contribution >= 0.6 is 27.3 Å². The fraction of sp³-hybridized carbons (Fsp3) is 0.214. The van der Waals surface area contributed by atoms with E-state index in [-0.39, 0.29) is 5.97 Å². The number of hydrogen-bond acceptors (Lipinski definition) is 4. The van der Waals surface area contributed by atoms with E-state index in [4.69, 9.17) is 10.5 Å². The molecule has 0 spiro atoms. The highest BCUT2D eigenvalue weighted by molar-refractivity contribution is 9.10. The minimum atomic E-state index is -0.358. The molecule has 1 aromatic carbocycles. The molecule has 0 bridgehead atoms. The number of halogens is 1. The van der Waals surface area contributed by atoms with Crippen molar-refractivity contribution in [1.82, 2.24) is 0 Å². The van der Waals surface area contributed by atoms with Gasteiger partial charge < -0.3 is 10.5 Å². The number of thiophene rings is 1. The number of nitrogen functional groups attached to an aromatic ring is 1. The molecule has 1 heterocycles. The van der Waals surface area contributed by atoms with Crippen LogP contribution in [0.1, 0.15) is 22.2 Å². The van der Waals surface area contributed by atoms with Gasteiger partial charge in [-0.05, 0) is 43.2 Å². The summed E-state index contributed by atoms with van der Waals surface area (Å²) in [5.41, 5.74) is 8.58. The molecule has 2 rings (SSSR count). The van der Waals surface area contributed by atoms with Crippen molar-refractivity contribution >= 4 is 38.9 Å². The zero-order chi connectivity index (χ0) is 14.0. The fourth-order valence-corrected chi connectivity index (χ4v) is 3.17. The average molecular weight is 340 g/mol. The average Bonchev–Trinajstić information content (AvgIpc) is 2.74. The van der Waals surface area contributed by atoms with Crippen LogP contribution in [0, 0.1) is 6.92 Å². The van der Waals surface area contributed by atoms with Crippen LogP contribution in [0.25, 0.3) is 10.4 Å². The van der Waals surface area contributed by atoms with E-state index >= 15 is 0 Å². The molecule has 19 heavy (non-hydrogen) atoms. The third kappa shape index (κ3) is 2.98. The van der Waals surface area contributed by atoms with Gasteiger partial charge in [-0.15, -0.1) is 11.3 Å². The number of rotatable bonds is 3. The van der Waals surface area contributed by atoms with Gasteiger partial charge in [0.1, 0.15) is 4.88 Å². The van der Waals surface area contributed by atoms with E-state index in [0.717, 1.165) is 20.5 Å². The first-order valence-electron chi connectivity index (χ1n) is 5.86. The summed E-state index contributed by atoms with van der Waals surface area (Å²) in [6, 6.07) is 7.86. The van der Waals surface area contributed by atoms with Crippen molar-refractivity contribution in [2.75, 3.05) is 12.3 Å². The molecule has 0 amide bonds. The molecule has 1 aromatic heterocycles. The van der Waals surface area contributed by atoms with Crippen molar-refractivity contribution in [3.8, 4) is 10.4 Å². The topological polar surface area (TPSA) is 52.3 Å². The van der Waals surface area contributed by atoms with E-state index in [1.165, 1.54) is 11.3 Å². The largest absolute Gasteiger partial charge is 0.462 e. The van der Waals surface area contributed by atoms with Gasteiger partial charge >= 0.3 is 5.97 Å². The zero-order valence-electron chi connectivity index (χ0n) is 10.7. The van der Waals surface area contributed by atoms with E-state index in [9.17, 15) is 4.79 Å². The van der Waals surface area contributed by atoms with Gasteiger partial charge in [-0.1, -0.05) is 22.0 Å². The lowest BCUT2D eigenvalue weighted by atomic mass is 10.1. The molecule has 2 aromatic rings. The predicted molar refractivity (Wildman–Crippen MR) is 82.6 cm³/mol. The molecule has 3 nitrogen and oxygen atoms in total. The van der Waals surface area contributed by atoms with Crippen LogP contribution in [-0.2, 0) is 4.74 Å². The SMILES string of the molecule is CCOC(=O)c1sc(-c2cc(Br)ccc2C)cc1N. The Bertz CT molecular complexity index is 622. The first-order chi connectivity index (χ1) is 9.02. The molecule has 100 valence electrons. The smallest absolute Gasteiger partial charge is 0.350 e. The van der Waals surface area contributed by atoms with Gasteiger partial charge in [0.2, 0.25) is 0 Å². The van der Waals surface area contributed by atoms with Crippen LogP contribution in [0.15, 0.2) is 28.7 Å². The van der Waals surface area contributed by atoms with E-state index < -0.39 is 0 Å². The molecule has 2 N–H and O–H groups in total. The molecule has 5 heteroatoms. The van der Waals surface area contributed by atoms with Gasteiger partial charge in [-0.25, -0.2) is 4.79 Å². The van der Waals surface area contributed by atoms with Crippen molar-refractivity contribution in [3.63, 3.8) is 0 Å². The van der Waals surface area contributed by atoms with E-state index in [2.05, 4.69) is 15.9 Å². The van der Waals surface area contributed by atoms with Crippen LogP contribution in [-0.4, -0.2) is 12.6 Å². The summed E-state index contributed by atoms with van der Waals surface area (Å²) in [5, 5.41) is 0. The first kappa shape index (κ1) is 14.1. The predicted octanol–water partition coefficient (Wildman–Crippen LogP) is 4.24. The third-order valence-electron chi connectivity index (χ3n) is 2.69. The van der Waals surface area contributed by atoms with E-state index in [1.807, 2.05) is 31.2 Å². The van der Waals surface area contributed by atoms with Gasteiger partial charge in [0.15, 0.2) is 0 Å². The van der Waals surface area contributed by atoms with Crippen molar-refractivity contribution < 1.29 is 9.53 Å². The van der Waals surface area contributed by atoms with Crippen molar-refractivity contribution in [2.45, 2.75) is 13.8 Å². The van der Waals surface area contributed by atoms with Crippen LogP contribution in [0.3, 0.4) is 0 Å². The number of ether oxygens (including phenoxy) is 1. The van der Waals surface area contributed by atoms with Crippen LogP contribution in [0.2, 0.25) is 0 Å². The lowest BCUT2D eigenvalue weighted by Crippen LogP contribution is -2.04. The standard InChI is InChI=1S/C14H14BrNO2S/c1-3-18-14(17)13-11(16)7-12(19-13)10-6-9(15)5-4-8(10)2/h4-7H,3,16H2,1-2H3. The molecule has 0 aliphatic carbocycles. The highest BCUT2D eigenvalue weighted by Crippen LogP contribution is 2.36.